The molecule has 3 saturated heterocycles. The third-order valence-corrected chi connectivity index (χ3v) is 7.78. The quantitative estimate of drug-likeness (QED) is 0.695. The topological polar surface area (TPSA) is 120 Å². The minimum absolute atomic E-state index is 0.0772. The van der Waals surface area contributed by atoms with E-state index in [2.05, 4.69) is 44.2 Å². The highest BCUT2D eigenvalue weighted by molar-refractivity contribution is 8.01. The van der Waals surface area contributed by atoms with Crippen molar-refractivity contribution in [2.24, 2.45) is 0 Å². The number of nitrogens with zero attached hydrogens (tertiary/aromatic N) is 6. The van der Waals surface area contributed by atoms with Crippen LogP contribution in [-0.4, -0.2) is 68.4 Å². The van der Waals surface area contributed by atoms with Gasteiger partial charge < -0.3 is 9.80 Å². The predicted molar refractivity (Wildman–Crippen MR) is 102 cm³/mol. The average molecular weight is 421 g/mol. The lowest BCUT2D eigenvalue weighted by molar-refractivity contribution is -0.165. The van der Waals surface area contributed by atoms with Crippen LogP contribution in [0.3, 0.4) is 0 Å². The number of aromatic nitrogens is 5. The molecule has 3 aliphatic rings. The van der Waals surface area contributed by atoms with Crippen molar-refractivity contribution in [3.63, 3.8) is 0 Å². The molecule has 2 amide bonds. The summed E-state index contributed by atoms with van der Waals surface area (Å²) in [6.07, 6.45) is 0. The van der Waals surface area contributed by atoms with E-state index in [1.807, 2.05) is 25.3 Å². The molecule has 2 aromatic heterocycles. The minimum Gasteiger partial charge on any atom is -0.314 e. The van der Waals surface area contributed by atoms with Gasteiger partial charge in [-0.05, 0) is 55.7 Å². The lowest BCUT2D eigenvalue weighted by atomic mass is 9.93. The number of fused-ring (bicyclic) bond motifs is 1. The molecule has 0 spiro atoms. The van der Waals surface area contributed by atoms with Crippen molar-refractivity contribution >= 4 is 35.1 Å². The van der Waals surface area contributed by atoms with E-state index < -0.39 is 17.7 Å². The summed E-state index contributed by atoms with van der Waals surface area (Å²) in [7, 11) is 0. The van der Waals surface area contributed by atoms with E-state index in [4.69, 9.17) is 0 Å². The number of amides is 2. The maximum absolute atomic E-state index is 13.3. The molecule has 2 N–H and O–H groups in total. The van der Waals surface area contributed by atoms with E-state index in [9.17, 15) is 9.59 Å². The van der Waals surface area contributed by atoms with Crippen LogP contribution in [0.25, 0.3) is 0 Å². The first-order chi connectivity index (χ1) is 13.2. The van der Waals surface area contributed by atoms with Crippen LogP contribution in [0.15, 0.2) is 11.4 Å². The number of tetrazole rings is 1. The Kier molecular flexibility index (Phi) is 3.69. The van der Waals surface area contributed by atoms with E-state index in [-0.39, 0.29) is 28.0 Å². The molecule has 0 saturated carbocycles. The summed E-state index contributed by atoms with van der Waals surface area (Å²) >= 11 is 2.99. The van der Waals surface area contributed by atoms with Crippen LogP contribution in [0.2, 0.25) is 0 Å². The normalized spacial score (nSPS) is 33.3. The van der Waals surface area contributed by atoms with Gasteiger partial charge in [0, 0.05) is 10.1 Å². The van der Waals surface area contributed by atoms with Crippen LogP contribution in [0, 0.1) is 0 Å². The number of carbonyl (C=O) groups excluding carboxylic acids is 2. The number of β-lactam (4-membered cyclic amide) rings is 1. The number of thioether (sulfide) groups is 1. The summed E-state index contributed by atoms with van der Waals surface area (Å²) < 4.78 is 4.02. The first-order valence-electron chi connectivity index (χ1n) is 8.97. The highest BCUT2D eigenvalue weighted by Crippen LogP contribution is 2.58. The van der Waals surface area contributed by atoms with Gasteiger partial charge in [0.05, 0.1) is 11.4 Å². The van der Waals surface area contributed by atoms with Gasteiger partial charge in [-0.2, -0.15) is 4.37 Å². The van der Waals surface area contributed by atoms with Gasteiger partial charge in [-0.15, -0.1) is 16.9 Å². The maximum atomic E-state index is 13.3. The number of rotatable bonds is 3. The van der Waals surface area contributed by atoms with Crippen molar-refractivity contribution in [2.75, 3.05) is 0 Å². The van der Waals surface area contributed by atoms with Gasteiger partial charge >= 0.3 is 0 Å². The number of hydrogen-bond acceptors (Lipinski definition) is 9. The van der Waals surface area contributed by atoms with Crippen LogP contribution in [0.1, 0.15) is 51.3 Å². The Morgan fingerprint density at radius 3 is 2.61 bits per heavy atom. The van der Waals surface area contributed by atoms with E-state index in [1.54, 1.807) is 21.6 Å². The molecule has 3 aliphatic heterocycles. The Bertz CT molecular complexity index is 929. The molecule has 5 heterocycles. The number of carbonyl (C=O) groups is 2. The minimum atomic E-state index is -0.658. The lowest BCUT2D eigenvalue weighted by Crippen LogP contribution is -2.71. The fraction of sp³-hybridized carbons (Fsp3) is 0.625. The molecular weight excluding hydrogens is 400 g/mol. The van der Waals surface area contributed by atoms with Gasteiger partial charge in [-0.3, -0.25) is 14.9 Å². The molecule has 0 radical (unpaired) electrons. The van der Waals surface area contributed by atoms with E-state index >= 15 is 0 Å². The molecule has 0 bridgehead atoms. The summed E-state index contributed by atoms with van der Waals surface area (Å²) in [5, 5.41) is 19.2. The largest absolute Gasteiger partial charge is 0.314 e. The average Bonchev–Trinajstić information content (AvgIpc) is 3.38. The monoisotopic (exact) mass is 420 g/mol. The van der Waals surface area contributed by atoms with Gasteiger partial charge in [0.2, 0.25) is 11.8 Å². The Labute approximate surface area is 169 Å². The smallest absolute Gasteiger partial charge is 0.250 e. The number of hydrogen-bond donors (Lipinski definition) is 2. The SMILES string of the molecule is CC1(C)S[C@@H]2C(N3C(=O)C(c4ccsn4)NC3(C)C)C(=O)N2C1c1nnn[nH]1. The zero-order chi connectivity index (χ0) is 19.8. The molecule has 2 aromatic rings. The van der Waals surface area contributed by atoms with Crippen LogP contribution < -0.4 is 5.32 Å². The summed E-state index contributed by atoms with van der Waals surface area (Å²) in [6.45, 7) is 7.99. The molecule has 148 valence electrons. The summed E-state index contributed by atoms with van der Waals surface area (Å²) in [5.74, 6) is 0.376. The molecule has 4 atom stereocenters. The van der Waals surface area contributed by atoms with Crippen molar-refractivity contribution in [1.82, 2.24) is 40.1 Å². The number of H-pyrrole nitrogens is 1. The molecule has 0 aliphatic carbocycles. The van der Waals surface area contributed by atoms with Crippen molar-refractivity contribution < 1.29 is 9.59 Å². The van der Waals surface area contributed by atoms with Gasteiger partial charge in [-0.25, -0.2) is 5.10 Å². The van der Waals surface area contributed by atoms with Crippen LogP contribution in [-0.2, 0) is 9.59 Å². The van der Waals surface area contributed by atoms with Gasteiger partial charge in [0.15, 0.2) is 5.82 Å². The first-order valence-corrected chi connectivity index (χ1v) is 10.7. The second kappa shape index (κ2) is 5.74. The van der Waals surface area contributed by atoms with Gasteiger partial charge in [0.1, 0.15) is 23.5 Å². The van der Waals surface area contributed by atoms with Crippen LogP contribution in [0.4, 0.5) is 0 Å². The molecule has 5 rings (SSSR count). The molecular formula is C16H20N8O2S2. The summed E-state index contributed by atoms with van der Waals surface area (Å²) in [5.41, 5.74) is 0.0354. The van der Waals surface area contributed by atoms with E-state index in [1.165, 1.54) is 11.5 Å². The molecule has 12 heteroatoms. The van der Waals surface area contributed by atoms with Crippen molar-refractivity contribution in [2.45, 2.75) is 61.6 Å². The van der Waals surface area contributed by atoms with Gasteiger partial charge in [-0.1, -0.05) is 0 Å². The van der Waals surface area contributed by atoms with Gasteiger partial charge in [0.25, 0.3) is 0 Å². The van der Waals surface area contributed by atoms with E-state index in [0.29, 0.717) is 11.5 Å². The van der Waals surface area contributed by atoms with Crippen LogP contribution >= 0.6 is 23.3 Å². The highest BCUT2D eigenvalue weighted by Gasteiger charge is 2.67. The number of nitrogens with one attached hydrogen (secondary N) is 2. The zero-order valence-electron chi connectivity index (χ0n) is 15.8. The van der Waals surface area contributed by atoms with E-state index in [0.717, 1.165) is 0 Å². The molecule has 3 unspecified atom stereocenters. The molecule has 3 fully saturated rings. The maximum Gasteiger partial charge on any atom is 0.250 e. The molecule has 28 heavy (non-hydrogen) atoms. The third kappa shape index (κ3) is 2.31. The van der Waals surface area contributed by atoms with Crippen molar-refractivity contribution in [3.8, 4) is 0 Å². The fourth-order valence-electron chi connectivity index (χ4n) is 4.51. The van der Waals surface area contributed by atoms with Crippen molar-refractivity contribution in [3.05, 3.63) is 23.0 Å². The fourth-order valence-corrected chi connectivity index (χ4v) is 6.74. The number of aromatic amines is 1. The van der Waals surface area contributed by atoms with Crippen LogP contribution in [0.5, 0.6) is 0 Å². The molecule has 0 aromatic carbocycles. The summed E-state index contributed by atoms with van der Waals surface area (Å²) in [4.78, 5) is 30.0. The predicted octanol–water partition coefficient (Wildman–Crippen LogP) is 0.669. The molecule has 10 nitrogen and oxygen atoms in total. The standard InChI is InChI=1S/C16H20N8O2S2/c1-15(2)10(11-18-21-22-19-11)23-13(26)9(14(23)28-15)24-12(25)8(17-16(24,3)4)7-5-6-27-20-7/h5-6,8-10,14,17H,1-4H3,(H,18,19,21,22)/t8?,9?,10?,14-/m1/s1. The lowest BCUT2D eigenvalue weighted by Gasteiger charge is -2.50. The highest BCUT2D eigenvalue weighted by atomic mass is 32.2. The Balaban J connectivity index is 1.47. The third-order valence-electron chi connectivity index (χ3n) is 5.65. The first kappa shape index (κ1) is 18.0. The second-order valence-electron chi connectivity index (χ2n) is 8.26. The summed E-state index contributed by atoms with van der Waals surface area (Å²) in [6, 6.07) is 0.527. The Morgan fingerprint density at radius 1 is 1.18 bits per heavy atom. The zero-order valence-corrected chi connectivity index (χ0v) is 17.4. The Hall–Kier alpha value is -2.05. The van der Waals surface area contributed by atoms with Crippen molar-refractivity contribution in [1.29, 1.82) is 0 Å². The Morgan fingerprint density at radius 2 is 1.96 bits per heavy atom. The second-order valence-corrected chi connectivity index (χ2v) is 10.7.